The van der Waals surface area contributed by atoms with E-state index in [1.807, 2.05) is 80.5 Å². The van der Waals surface area contributed by atoms with Gasteiger partial charge in [0, 0.05) is 22.6 Å². The summed E-state index contributed by atoms with van der Waals surface area (Å²) in [5.41, 5.74) is 5.68. The van der Waals surface area contributed by atoms with Gasteiger partial charge in [0.25, 0.3) is 0 Å². The van der Waals surface area contributed by atoms with Gasteiger partial charge in [0.2, 0.25) is 0 Å². The highest BCUT2D eigenvalue weighted by atomic mass is 35.5. The van der Waals surface area contributed by atoms with Gasteiger partial charge in [-0.3, -0.25) is 9.59 Å². The van der Waals surface area contributed by atoms with Crippen molar-refractivity contribution < 1.29 is 14.3 Å². The number of pyridine rings is 1. The van der Waals surface area contributed by atoms with Crippen molar-refractivity contribution in [2.45, 2.75) is 81.2 Å². The molecule has 0 amide bonds. The lowest BCUT2D eigenvalue weighted by molar-refractivity contribution is 0.112. The smallest absolute Gasteiger partial charge is 0.195 e. The molecule has 0 aliphatic carbocycles. The summed E-state index contributed by atoms with van der Waals surface area (Å²) in [5.74, 6) is 0.657. The van der Waals surface area contributed by atoms with Crippen molar-refractivity contribution in [1.29, 1.82) is 0 Å². The molecule has 6 nitrogen and oxygen atoms in total. The van der Waals surface area contributed by atoms with Gasteiger partial charge in [0.1, 0.15) is 22.2 Å². The Morgan fingerprint density at radius 2 is 1.62 bits per heavy atom. The number of aromatic hydroxyl groups is 1. The van der Waals surface area contributed by atoms with Gasteiger partial charge in [-0.15, -0.1) is 0 Å². The summed E-state index contributed by atoms with van der Waals surface area (Å²) in [7, 11) is 0. The molecule has 2 N–H and O–H groups in total. The van der Waals surface area contributed by atoms with Crippen molar-refractivity contribution >= 4 is 34.5 Å². The number of anilines is 1. The molecule has 2 aromatic heterocycles. The molecule has 7 heteroatoms. The number of carbonyl (C=O) groups excluding carboxylic acids is 1. The second kappa shape index (κ2) is 14.1. The molecule has 0 fully saturated rings. The van der Waals surface area contributed by atoms with Crippen LogP contribution >= 0.6 is 11.6 Å². The van der Waals surface area contributed by atoms with Gasteiger partial charge in [-0.1, -0.05) is 59.2 Å². The predicted molar refractivity (Wildman–Crippen MR) is 167 cm³/mol. The van der Waals surface area contributed by atoms with Gasteiger partial charge < -0.3 is 14.8 Å². The fraction of sp³-hybridized carbons (Fsp3) is 0.364. The van der Waals surface area contributed by atoms with E-state index in [4.69, 9.17) is 16.0 Å². The molecule has 0 aliphatic rings. The zero-order valence-electron chi connectivity index (χ0n) is 25.2. The molecule has 4 rings (SSSR count). The number of hydrogen-bond donors (Lipinski definition) is 2. The van der Waals surface area contributed by atoms with Gasteiger partial charge >= 0.3 is 0 Å². The molecule has 40 heavy (non-hydrogen) atoms. The zero-order valence-corrected chi connectivity index (χ0v) is 25.9. The quantitative estimate of drug-likeness (QED) is 0.179. The molecule has 2 heterocycles. The first kappa shape index (κ1) is 32.6. The lowest BCUT2D eigenvalue weighted by atomic mass is 9.97. The number of hydrogen-bond acceptors (Lipinski definition) is 6. The van der Waals surface area contributed by atoms with E-state index in [9.17, 15) is 14.7 Å². The standard InChI is InChI=1S/C29H29ClN2O4.2C2H6/c1-14(2)28-17(5)27(35)21-12-15(3)11-20(29(21)36-28)18(6)31-23-8-10-25(30)32-26(23)19-7-9-24(34)22(13-33)16(19)4;2*1-2/h7-14,18,31,34H,1-6H3;2*1-2H3. The minimum Gasteiger partial charge on any atom is -0.507 e. The Labute approximate surface area is 242 Å². The number of benzene rings is 2. The van der Waals surface area contributed by atoms with Crippen LogP contribution in [0.4, 0.5) is 5.69 Å². The average molecular weight is 565 g/mol. The predicted octanol–water partition coefficient (Wildman–Crippen LogP) is 9.30. The van der Waals surface area contributed by atoms with E-state index < -0.39 is 0 Å². The van der Waals surface area contributed by atoms with Gasteiger partial charge in [0.05, 0.1) is 28.4 Å². The minimum atomic E-state index is -0.261. The van der Waals surface area contributed by atoms with Crippen LogP contribution in [0.1, 0.15) is 98.8 Å². The van der Waals surface area contributed by atoms with Crippen LogP contribution in [0.15, 0.2) is 45.6 Å². The summed E-state index contributed by atoms with van der Waals surface area (Å²) in [6, 6.07) is 10.3. The van der Waals surface area contributed by atoms with Crippen LogP contribution in [0.3, 0.4) is 0 Å². The summed E-state index contributed by atoms with van der Waals surface area (Å²) in [4.78, 5) is 29.3. The number of phenols is 1. The highest BCUT2D eigenvalue weighted by molar-refractivity contribution is 6.29. The topological polar surface area (TPSA) is 92.4 Å². The van der Waals surface area contributed by atoms with Gasteiger partial charge in [0.15, 0.2) is 11.7 Å². The number of carbonyl (C=O) groups is 1. The molecule has 0 aliphatic heterocycles. The summed E-state index contributed by atoms with van der Waals surface area (Å²) in [6.45, 7) is 19.5. The number of phenolic OH excluding ortho intramolecular Hbond substituents is 1. The number of aldehydes is 1. The molecular weight excluding hydrogens is 524 g/mol. The van der Waals surface area contributed by atoms with Crippen LogP contribution in [-0.2, 0) is 0 Å². The molecular formula is C33H41ClN2O4. The Hall–Kier alpha value is -3.64. The van der Waals surface area contributed by atoms with E-state index in [1.54, 1.807) is 19.1 Å². The molecule has 2 aromatic carbocycles. The van der Waals surface area contributed by atoms with Gasteiger partial charge in [-0.25, -0.2) is 4.98 Å². The van der Waals surface area contributed by atoms with Crippen molar-refractivity contribution in [1.82, 2.24) is 4.98 Å². The number of nitrogens with one attached hydrogen (secondary N) is 1. The monoisotopic (exact) mass is 564 g/mol. The van der Waals surface area contributed by atoms with Crippen LogP contribution in [0.25, 0.3) is 22.2 Å². The third kappa shape index (κ3) is 6.56. The van der Waals surface area contributed by atoms with Crippen molar-refractivity contribution in [3.05, 3.63) is 85.4 Å². The number of aryl methyl sites for hydroxylation is 1. The summed E-state index contributed by atoms with van der Waals surface area (Å²) in [6.07, 6.45) is 0.629. The number of fused-ring (bicyclic) bond motifs is 1. The lowest BCUT2D eigenvalue weighted by Crippen LogP contribution is -2.14. The molecule has 0 bridgehead atoms. The fourth-order valence-corrected chi connectivity index (χ4v) is 4.79. The van der Waals surface area contributed by atoms with E-state index in [2.05, 4.69) is 10.3 Å². The van der Waals surface area contributed by atoms with Crippen molar-refractivity contribution in [2.24, 2.45) is 0 Å². The Kier molecular flexibility index (Phi) is 11.5. The number of aromatic nitrogens is 1. The van der Waals surface area contributed by atoms with Crippen LogP contribution in [0.2, 0.25) is 5.15 Å². The molecule has 1 atom stereocenters. The van der Waals surface area contributed by atoms with E-state index in [-0.39, 0.29) is 28.7 Å². The third-order valence-electron chi connectivity index (χ3n) is 6.52. The maximum Gasteiger partial charge on any atom is 0.195 e. The molecule has 0 radical (unpaired) electrons. The Morgan fingerprint density at radius 1 is 0.975 bits per heavy atom. The van der Waals surface area contributed by atoms with Crippen LogP contribution in [0.5, 0.6) is 5.75 Å². The molecule has 0 saturated heterocycles. The summed E-state index contributed by atoms with van der Waals surface area (Å²) in [5, 5.41) is 14.4. The molecule has 0 saturated carbocycles. The maximum atomic E-state index is 13.2. The highest BCUT2D eigenvalue weighted by Crippen LogP contribution is 2.37. The molecule has 214 valence electrons. The number of rotatable bonds is 6. The van der Waals surface area contributed by atoms with Gasteiger partial charge in [-0.2, -0.15) is 0 Å². The largest absolute Gasteiger partial charge is 0.507 e. The van der Waals surface area contributed by atoms with Crippen LogP contribution < -0.4 is 10.7 Å². The molecule has 0 spiro atoms. The van der Waals surface area contributed by atoms with E-state index in [1.165, 1.54) is 6.07 Å². The van der Waals surface area contributed by atoms with Gasteiger partial charge in [-0.05, 0) is 69.2 Å². The van der Waals surface area contributed by atoms with Crippen molar-refractivity contribution in [3.63, 3.8) is 0 Å². The summed E-state index contributed by atoms with van der Waals surface area (Å²) < 4.78 is 6.33. The third-order valence-corrected chi connectivity index (χ3v) is 6.73. The van der Waals surface area contributed by atoms with E-state index in [0.29, 0.717) is 56.2 Å². The first-order valence-corrected chi connectivity index (χ1v) is 14.2. The Balaban J connectivity index is 0.00000134. The maximum absolute atomic E-state index is 13.2. The number of halogens is 1. The van der Waals surface area contributed by atoms with Crippen LogP contribution in [-0.4, -0.2) is 16.4 Å². The average Bonchev–Trinajstić information content (AvgIpc) is 2.94. The normalized spacial score (nSPS) is 11.3. The number of nitrogens with zero attached hydrogens (tertiary/aromatic N) is 1. The van der Waals surface area contributed by atoms with Crippen molar-refractivity contribution in [3.8, 4) is 17.0 Å². The second-order valence-electron chi connectivity index (χ2n) is 9.49. The second-order valence-corrected chi connectivity index (χ2v) is 9.88. The SMILES string of the molecule is CC.CC.Cc1cc(C(C)Nc2ccc(Cl)nc2-c2ccc(O)c(C=O)c2C)c2oc(C(C)C)c(C)c(=O)c2c1. The first-order valence-electron chi connectivity index (χ1n) is 13.8. The first-order chi connectivity index (χ1) is 19.0. The van der Waals surface area contributed by atoms with E-state index in [0.717, 1.165) is 11.1 Å². The Morgan fingerprint density at radius 3 is 2.23 bits per heavy atom. The fourth-order valence-electron chi connectivity index (χ4n) is 4.64. The van der Waals surface area contributed by atoms with E-state index >= 15 is 0 Å². The molecule has 1 unspecified atom stereocenters. The summed E-state index contributed by atoms with van der Waals surface area (Å²) >= 11 is 6.25. The minimum absolute atomic E-state index is 0.0212. The molecule has 4 aromatic rings. The Bertz CT molecular complexity index is 1560. The lowest BCUT2D eigenvalue weighted by Gasteiger charge is -2.21. The zero-order chi connectivity index (χ0) is 30.3. The highest BCUT2D eigenvalue weighted by Gasteiger charge is 2.21. The van der Waals surface area contributed by atoms with Crippen LogP contribution in [0, 0.1) is 20.8 Å². The van der Waals surface area contributed by atoms with Crippen molar-refractivity contribution in [2.75, 3.05) is 5.32 Å².